The third-order valence-corrected chi connectivity index (χ3v) is 2.78. The molecule has 1 aromatic heterocycles. The van der Waals surface area contributed by atoms with Crippen molar-refractivity contribution in [2.75, 3.05) is 12.4 Å². The lowest BCUT2D eigenvalue weighted by Crippen LogP contribution is -2.40. The quantitative estimate of drug-likeness (QED) is 0.756. The van der Waals surface area contributed by atoms with Crippen LogP contribution in [0.4, 0.5) is 0 Å². The van der Waals surface area contributed by atoms with Gasteiger partial charge < -0.3 is 9.88 Å². The van der Waals surface area contributed by atoms with E-state index in [0.717, 1.165) is 25.2 Å². The molecule has 0 amide bonds. The fraction of sp³-hybridized carbons (Fsp3) is 0.727. The summed E-state index contributed by atoms with van der Waals surface area (Å²) in [6.45, 7) is 5.29. The van der Waals surface area contributed by atoms with Gasteiger partial charge in [-0.05, 0) is 20.3 Å². The van der Waals surface area contributed by atoms with Crippen molar-refractivity contribution in [1.82, 2.24) is 14.9 Å². The molecular weight excluding hydrogens is 210 g/mol. The second kappa shape index (κ2) is 5.52. The zero-order valence-electron chi connectivity index (χ0n) is 9.76. The number of halogens is 1. The molecular formula is C11H20ClN3. The molecule has 0 saturated carbocycles. The van der Waals surface area contributed by atoms with E-state index in [1.165, 1.54) is 0 Å². The number of aryl methyl sites for hydroxylation is 1. The second-order valence-electron chi connectivity index (χ2n) is 4.45. The lowest BCUT2D eigenvalue weighted by Gasteiger charge is -2.25. The highest BCUT2D eigenvalue weighted by Crippen LogP contribution is 2.09. The molecule has 1 rings (SSSR count). The molecule has 15 heavy (non-hydrogen) atoms. The van der Waals surface area contributed by atoms with E-state index in [1.54, 1.807) is 0 Å². The van der Waals surface area contributed by atoms with Crippen LogP contribution in [0.1, 0.15) is 26.1 Å². The number of nitrogens with zero attached hydrogens (tertiary/aromatic N) is 2. The number of aromatic nitrogens is 2. The van der Waals surface area contributed by atoms with Gasteiger partial charge in [-0.1, -0.05) is 0 Å². The summed E-state index contributed by atoms with van der Waals surface area (Å²) >= 11 is 5.73. The van der Waals surface area contributed by atoms with Gasteiger partial charge in [0.25, 0.3) is 0 Å². The van der Waals surface area contributed by atoms with Crippen molar-refractivity contribution >= 4 is 11.6 Å². The summed E-state index contributed by atoms with van der Waals surface area (Å²) in [6, 6.07) is 0. The van der Waals surface area contributed by atoms with Gasteiger partial charge in [-0.2, -0.15) is 0 Å². The number of hydrogen-bond acceptors (Lipinski definition) is 2. The van der Waals surface area contributed by atoms with Crippen LogP contribution in [0.5, 0.6) is 0 Å². The van der Waals surface area contributed by atoms with E-state index in [9.17, 15) is 0 Å². The maximum Gasteiger partial charge on any atom is 0.109 e. The second-order valence-corrected chi connectivity index (χ2v) is 4.83. The normalized spacial score (nSPS) is 12.0. The van der Waals surface area contributed by atoms with Crippen LogP contribution in [-0.2, 0) is 13.5 Å². The van der Waals surface area contributed by atoms with E-state index < -0.39 is 0 Å². The lowest BCUT2D eigenvalue weighted by molar-refractivity contribution is 0.379. The summed E-state index contributed by atoms with van der Waals surface area (Å²) in [4.78, 5) is 4.28. The maximum absolute atomic E-state index is 5.73. The largest absolute Gasteiger partial charge is 0.338 e. The summed E-state index contributed by atoms with van der Waals surface area (Å²) in [6.07, 6.45) is 5.74. The van der Waals surface area contributed by atoms with E-state index in [-0.39, 0.29) is 5.54 Å². The molecule has 0 spiro atoms. The minimum absolute atomic E-state index is 0.118. The molecule has 0 atom stereocenters. The molecule has 0 aliphatic heterocycles. The molecule has 1 N–H and O–H groups in total. The van der Waals surface area contributed by atoms with Gasteiger partial charge in [-0.3, -0.25) is 0 Å². The van der Waals surface area contributed by atoms with E-state index in [4.69, 9.17) is 11.6 Å². The van der Waals surface area contributed by atoms with Gasteiger partial charge in [0.2, 0.25) is 0 Å². The van der Waals surface area contributed by atoms with Gasteiger partial charge in [0, 0.05) is 43.8 Å². The van der Waals surface area contributed by atoms with Crippen LogP contribution in [0, 0.1) is 0 Å². The van der Waals surface area contributed by atoms with Gasteiger partial charge in [0.05, 0.1) is 0 Å². The number of rotatable bonds is 6. The first-order chi connectivity index (χ1) is 7.05. The van der Waals surface area contributed by atoms with Gasteiger partial charge in [0.15, 0.2) is 0 Å². The monoisotopic (exact) mass is 229 g/mol. The first-order valence-corrected chi connectivity index (χ1v) is 5.86. The molecule has 0 aromatic carbocycles. The highest BCUT2D eigenvalue weighted by atomic mass is 35.5. The summed E-state index contributed by atoms with van der Waals surface area (Å²) in [5, 5.41) is 3.49. The Morgan fingerprint density at radius 2 is 2.27 bits per heavy atom. The van der Waals surface area contributed by atoms with Crippen LogP contribution < -0.4 is 5.32 Å². The summed E-state index contributed by atoms with van der Waals surface area (Å²) < 4.78 is 2.05. The van der Waals surface area contributed by atoms with Crippen molar-refractivity contribution in [2.45, 2.75) is 32.2 Å². The number of alkyl halides is 1. The Balaban J connectivity index is 2.30. The Kier molecular flexibility index (Phi) is 4.61. The Labute approximate surface area is 96.8 Å². The van der Waals surface area contributed by atoms with Crippen LogP contribution in [0.2, 0.25) is 0 Å². The molecule has 0 aliphatic carbocycles. The first kappa shape index (κ1) is 12.5. The predicted molar refractivity (Wildman–Crippen MR) is 64.3 cm³/mol. The highest BCUT2D eigenvalue weighted by Gasteiger charge is 2.15. The van der Waals surface area contributed by atoms with E-state index >= 15 is 0 Å². The molecule has 0 fully saturated rings. The van der Waals surface area contributed by atoms with Crippen LogP contribution in [0.3, 0.4) is 0 Å². The average molecular weight is 230 g/mol. The molecule has 1 aromatic rings. The van der Waals surface area contributed by atoms with Crippen molar-refractivity contribution in [3.8, 4) is 0 Å². The minimum atomic E-state index is 0.118. The van der Waals surface area contributed by atoms with E-state index in [0.29, 0.717) is 5.88 Å². The molecule has 0 radical (unpaired) electrons. The summed E-state index contributed by atoms with van der Waals surface area (Å²) in [7, 11) is 2.02. The van der Waals surface area contributed by atoms with Crippen molar-refractivity contribution in [3.63, 3.8) is 0 Å². The first-order valence-electron chi connectivity index (χ1n) is 5.32. The third-order valence-electron chi connectivity index (χ3n) is 2.59. The molecule has 4 heteroatoms. The van der Waals surface area contributed by atoms with Crippen molar-refractivity contribution in [1.29, 1.82) is 0 Å². The molecule has 0 saturated heterocycles. The van der Waals surface area contributed by atoms with Crippen LogP contribution in [0.25, 0.3) is 0 Å². The fourth-order valence-electron chi connectivity index (χ4n) is 1.47. The van der Waals surface area contributed by atoms with Gasteiger partial charge >= 0.3 is 0 Å². The van der Waals surface area contributed by atoms with Gasteiger partial charge in [0.1, 0.15) is 5.82 Å². The van der Waals surface area contributed by atoms with Gasteiger partial charge in [-0.25, -0.2) is 4.98 Å². The highest BCUT2D eigenvalue weighted by molar-refractivity contribution is 6.17. The molecule has 0 aliphatic rings. The molecule has 0 bridgehead atoms. The molecule has 86 valence electrons. The molecule has 3 nitrogen and oxygen atoms in total. The summed E-state index contributed by atoms with van der Waals surface area (Å²) in [5.74, 6) is 1.81. The topological polar surface area (TPSA) is 29.9 Å². The van der Waals surface area contributed by atoms with Crippen LogP contribution in [-0.4, -0.2) is 27.5 Å². The Bertz CT molecular complexity index is 294. The van der Waals surface area contributed by atoms with E-state index in [1.807, 2.05) is 19.4 Å². The third kappa shape index (κ3) is 4.22. The SMILES string of the molecule is Cn1ccnc1CCNC(C)(C)CCCl. The molecule has 1 heterocycles. The Morgan fingerprint density at radius 3 is 2.80 bits per heavy atom. The van der Waals surface area contributed by atoms with Crippen LogP contribution >= 0.6 is 11.6 Å². The smallest absolute Gasteiger partial charge is 0.109 e. The van der Waals surface area contributed by atoms with Gasteiger partial charge in [-0.15, -0.1) is 11.6 Å². The Hall–Kier alpha value is -0.540. The van der Waals surface area contributed by atoms with Crippen LogP contribution in [0.15, 0.2) is 12.4 Å². The van der Waals surface area contributed by atoms with Crippen molar-refractivity contribution in [3.05, 3.63) is 18.2 Å². The Morgan fingerprint density at radius 1 is 1.53 bits per heavy atom. The standard InChI is InChI=1S/C11H20ClN3/c1-11(2,5-6-12)14-7-4-10-13-8-9-15(10)3/h8-9,14H,4-7H2,1-3H3. The average Bonchev–Trinajstić information content (AvgIpc) is 2.51. The number of imidazole rings is 1. The maximum atomic E-state index is 5.73. The lowest BCUT2D eigenvalue weighted by atomic mass is 10.0. The van der Waals surface area contributed by atoms with Crippen molar-refractivity contribution in [2.24, 2.45) is 7.05 Å². The van der Waals surface area contributed by atoms with Crippen molar-refractivity contribution < 1.29 is 0 Å². The minimum Gasteiger partial charge on any atom is -0.338 e. The summed E-state index contributed by atoms with van der Waals surface area (Å²) in [5.41, 5.74) is 0.118. The zero-order valence-corrected chi connectivity index (χ0v) is 10.5. The molecule has 0 unspecified atom stereocenters. The fourth-order valence-corrected chi connectivity index (χ4v) is 1.95. The van der Waals surface area contributed by atoms with E-state index in [2.05, 4.69) is 28.7 Å². The number of nitrogens with one attached hydrogen (secondary N) is 1. The zero-order chi connectivity index (χ0) is 11.3. The predicted octanol–water partition coefficient (Wildman–Crippen LogP) is 1.96. The number of hydrogen-bond donors (Lipinski definition) is 1.